The number of amides is 2. The molecule has 0 heterocycles. The molecule has 2 N–H and O–H groups in total. The molecule has 0 spiro atoms. The van der Waals surface area contributed by atoms with Crippen LogP contribution in [0.4, 0.5) is 0 Å². The maximum absolute atomic E-state index is 12.0. The van der Waals surface area contributed by atoms with Crippen molar-refractivity contribution in [2.75, 3.05) is 20.3 Å². The lowest BCUT2D eigenvalue weighted by Crippen LogP contribution is -2.36. The topological polar surface area (TPSA) is 76.7 Å². The highest BCUT2D eigenvalue weighted by Gasteiger charge is 2.08. The summed E-state index contributed by atoms with van der Waals surface area (Å²) in [5.74, 6) is 0.868. The molecule has 0 fully saturated rings. The van der Waals surface area contributed by atoms with Gasteiger partial charge in [-0.25, -0.2) is 0 Å². The molecular weight excluding hydrogens is 320 g/mol. The lowest BCUT2D eigenvalue weighted by Gasteiger charge is -2.09. The number of benzene rings is 2. The molecule has 0 aromatic heterocycles. The molecule has 0 aliphatic carbocycles. The Balaban J connectivity index is 1.77. The van der Waals surface area contributed by atoms with Gasteiger partial charge in [0.1, 0.15) is 11.5 Å². The summed E-state index contributed by atoms with van der Waals surface area (Å²) >= 11 is 0. The van der Waals surface area contributed by atoms with Crippen LogP contribution in [0.1, 0.15) is 22.8 Å². The number of hydrogen-bond donors (Lipinski definition) is 2. The van der Waals surface area contributed by atoms with E-state index in [9.17, 15) is 9.59 Å². The second-order valence-electron chi connectivity index (χ2n) is 5.27. The molecule has 2 aromatic carbocycles. The monoisotopic (exact) mass is 342 g/mol. The Bertz CT molecular complexity index is 714. The second-order valence-corrected chi connectivity index (χ2v) is 5.27. The zero-order valence-corrected chi connectivity index (χ0v) is 14.4. The zero-order chi connectivity index (χ0) is 18.1. The van der Waals surface area contributed by atoms with Gasteiger partial charge in [-0.1, -0.05) is 12.1 Å². The van der Waals surface area contributed by atoms with E-state index in [1.807, 2.05) is 31.2 Å². The third-order valence-corrected chi connectivity index (χ3v) is 3.46. The molecule has 0 bridgehead atoms. The Morgan fingerprint density at radius 2 is 1.76 bits per heavy atom. The molecule has 6 heteroatoms. The molecule has 0 unspecified atom stereocenters. The van der Waals surface area contributed by atoms with E-state index in [0.717, 1.165) is 11.3 Å². The summed E-state index contributed by atoms with van der Waals surface area (Å²) in [7, 11) is 1.59. The van der Waals surface area contributed by atoms with Crippen molar-refractivity contribution in [2.45, 2.75) is 13.5 Å². The van der Waals surface area contributed by atoms with Gasteiger partial charge >= 0.3 is 0 Å². The number of carbonyl (C=O) groups is 2. The first kappa shape index (κ1) is 18.3. The van der Waals surface area contributed by atoms with E-state index in [4.69, 9.17) is 9.47 Å². The number of methoxy groups -OCH3 is 1. The fourth-order valence-corrected chi connectivity index (χ4v) is 2.18. The number of carbonyl (C=O) groups excluding carboxylic acids is 2. The van der Waals surface area contributed by atoms with Crippen molar-refractivity contribution in [3.05, 3.63) is 59.7 Å². The van der Waals surface area contributed by atoms with E-state index in [1.54, 1.807) is 31.4 Å². The van der Waals surface area contributed by atoms with Gasteiger partial charge in [0.2, 0.25) is 5.91 Å². The third-order valence-electron chi connectivity index (χ3n) is 3.46. The third kappa shape index (κ3) is 5.84. The van der Waals surface area contributed by atoms with Gasteiger partial charge < -0.3 is 20.1 Å². The van der Waals surface area contributed by atoms with Crippen molar-refractivity contribution in [1.29, 1.82) is 0 Å². The van der Waals surface area contributed by atoms with Crippen LogP contribution in [0.3, 0.4) is 0 Å². The molecular formula is C19H22N2O4. The summed E-state index contributed by atoms with van der Waals surface area (Å²) < 4.78 is 10.5. The summed E-state index contributed by atoms with van der Waals surface area (Å²) in [6, 6.07) is 14.2. The SMILES string of the molecule is CCOc1ccc(C(=O)NCC(=O)NCc2cccc(OC)c2)cc1. The van der Waals surface area contributed by atoms with Crippen molar-refractivity contribution >= 4 is 11.8 Å². The van der Waals surface area contributed by atoms with Gasteiger partial charge in [0.15, 0.2) is 0 Å². The van der Waals surface area contributed by atoms with Crippen molar-refractivity contribution in [1.82, 2.24) is 10.6 Å². The van der Waals surface area contributed by atoms with E-state index in [1.165, 1.54) is 0 Å². The Hall–Kier alpha value is -3.02. The quantitative estimate of drug-likeness (QED) is 0.771. The molecule has 0 aliphatic heterocycles. The van der Waals surface area contributed by atoms with Crippen LogP contribution in [0, 0.1) is 0 Å². The lowest BCUT2D eigenvalue weighted by atomic mass is 10.2. The standard InChI is InChI=1S/C19H22N2O4/c1-3-25-16-9-7-15(8-10-16)19(23)21-13-18(22)20-12-14-5-4-6-17(11-14)24-2/h4-11H,3,12-13H2,1-2H3,(H,20,22)(H,21,23). The maximum Gasteiger partial charge on any atom is 0.251 e. The Labute approximate surface area is 147 Å². The smallest absolute Gasteiger partial charge is 0.251 e. The minimum absolute atomic E-state index is 0.0873. The van der Waals surface area contributed by atoms with E-state index in [-0.39, 0.29) is 18.4 Å². The molecule has 25 heavy (non-hydrogen) atoms. The number of ether oxygens (including phenoxy) is 2. The minimum Gasteiger partial charge on any atom is -0.497 e. The molecule has 0 aliphatic rings. The van der Waals surface area contributed by atoms with Crippen LogP contribution in [0.25, 0.3) is 0 Å². The van der Waals surface area contributed by atoms with Gasteiger partial charge in [-0.15, -0.1) is 0 Å². The van der Waals surface area contributed by atoms with Crippen molar-refractivity contribution in [2.24, 2.45) is 0 Å². The van der Waals surface area contributed by atoms with E-state index in [0.29, 0.717) is 24.5 Å². The fraction of sp³-hybridized carbons (Fsp3) is 0.263. The number of rotatable bonds is 8. The first-order valence-electron chi connectivity index (χ1n) is 8.03. The molecule has 0 atom stereocenters. The van der Waals surface area contributed by atoms with Crippen LogP contribution in [-0.4, -0.2) is 32.1 Å². The highest BCUT2D eigenvalue weighted by molar-refractivity contribution is 5.96. The van der Waals surface area contributed by atoms with Crippen LogP contribution in [-0.2, 0) is 11.3 Å². The number of hydrogen-bond acceptors (Lipinski definition) is 4. The summed E-state index contributed by atoms with van der Waals surface area (Å²) in [6.45, 7) is 2.74. The number of nitrogens with one attached hydrogen (secondary N) is 2. The Morgan fingerprint density at radius 1 is 1.00 bits per heavy atom. The van der Waals surface area contributed by atoms with Gasteiger partial charge in [-0.05, 0) is 48.9 Å². The Morgan fingerprint density at radius 3 is 2.44 bits per heavy atom. The molecule has 132 valence electrons. The second kappa shape index (κ2) is 9.32. The first-order valence-corrected chi connectivity index (χ1v) is 8.03. The van der Waals surface area contributed by atoms with E-state index < -0.39 is 0 Å². The normalized spacial score (nSPS) is 10.0. The highest BCUT2D eigenvalue weighted by atomic mass is 16.5. The van der Waals surface area contributed by atoms with Gasteiger partial charge in [-0.3, -0.25) is 9.59 Å². The van der Waals surface area contributed by atoms with E-state index in [2.05, 4.69) is 10.6 Å². The highest BCUT2D eigenvalue weighted by Crippen LogP contribution is 2.12. The molecule has 2 amide bonds. The largest absolute Gasteiger partial charge is 0.497 e. The summed E-state index contributed by atoms with van der Waals surface area (Å²) in [6.07, 6.45) is 0. The van der Waals surface area contributed by atoms with Gasteiger partial charge in [0.05, 0.1) is 20.3 Å². The van der Waals surface area contributed by atoms with E-state index >= 15 is 0 Å². The maximum atomic E-state index is 12.0. The fourth-order valence-electron chi connectivity index (χ4n) is 2.18. The minimum atomic E-state index is -0.306. The average Bonchev–Trinajstić information content (AvgIpc) is 2.65. The van der Waals surface area contributed by atoms with Crippen LogP contribution in [0.15, 0.2) is 48.5 Å². The molecule has 0 saturated heterocycles. The van der Waals surface area contributed by atoms with Crippen LogP contribution < -0.4 is 20.1 Å². The summed E-state index contributed by atoms with van der Waals surface area (Å²) in [5.41, 5.74) is 1.40. The Kier molecular flexibility index (Phi) is 6.83. The average molecular weight is 342 g/mol. The predicted octanol–water partition coefficient (Wildman–Crippen LogP) is 2.14. The van der Waals surface area contributed by atoms with Crippen molar-refractivity contribution < 1.29 is 19.1 Å². The lowest BCUT2D eigenvalue weighted by molar-refractivity contribution is -0.120. The van der Waals surface area contributed by atoms with Gasteiger partial charge in [0.25, 0.3) is 5.91 Å². The molecule has 2 rings (SSSR count). The summed E-state index contributed by atoms with van der Waals surface area (Å²) in [5, 5.41) is 5.35. The van der Waals surface area contributed by atoms with Gasteiger partial charge in [-0.2, -0.15) is 0 Å². The first-order chi connectivity index (χ1) is 12.1. The van der Waals surface area contributed by atoms with Gasteiger partial charge in [0, 0.05) is 12.1 Å². The van der Waals surface area contributed by atoms with Crippen LogP contribution >= 0.6 is 0 Å². The van der Waals surface area contributed by atoms with Crippen molar-refractivity contribution in [3.8, 4) is 11.5 Å². The van der Waals surface area contributed by atoms with Crippen molar-refractivity contribution in [3.63, 3.8) is 0 Å². The predicted molar refractivity (Wildman–Crippen MR) is 94.8 cm³/mol. The molecule has 6 nitrogen and oxygen atoms in total. The molecule has 0 saturated carbocycles. The zero-order valence-electron chi connectivity index (χ0n) is 14.4. The molecule has 2 aromatic rings. The van der Waals surface area contributed by atoms with Crippen LogP contribution in [0.5, 0.6) is 11.5 Å². The van der Waals surface area contributed by atoms with Crippen LogP contribution in [0.2, 0.25) is 0 Å². The summed E-state index contributed by atoms with van der Waals surface area (Å²) in [4.78, 5) is 23.9. The molecule has 0 radical (unpaired) electrons.